The number of aryl methyl sites for hydroxylation is 1. The molecule has 98 valence electrons. The Morgan fingerprint density at radius 2 is 2.11 bits per heavy atom. The Balaban J connectivity index is 2.11. The van der Waals surface area contributed by atoms with E-state index in [1.165, 1.54) is 0 Å². The van der Waals surface area contributed by atoms with Gasteiger partial charge in [0.25, 0.3) is 5.91 Å². The number of halogens is 1. The van der Waals surface area contributed by atoms with E-state index in [0.717, 1.165) is 17.1 Å². The first-order valence-electron chi connectivity index (χ1n) is 5.89. The van der Waals surface area contributed by atoms with Gasteiger partial charge in [0, 0.05) is 0 Å². The molecule has 0 saturated carbocycles. The topological polar surface area (TPSA) is 49.3 Å². The molecule has 5 heteroatoms. The second-order valence-corrected chi connectivity index (χ2v) is 6.21. The predicted molar refractivity (Wildman–Crippen MR) is 76.3 cm³/mol. The molecule has 0 spiro atoms. The minimum atomic E-state index is -1.25. The van der Waals surface area contributed by atoms with E-state index in [9.17, 15) is 9.90 Å². The molecule has 2 rings (SSSR count). The Labute approximate surface area is 116 Å². The van der Waals surface area contributed by atoms with E-state index in [-0.39, 0.29) is 5.91 Å². The van der Waals surface area contributed by atoms with Gasteiger partial charge in [0.05, 0.1) is 10.7 Å². The van der Waals surface area contributed by atoms with Crippen molar-refractivity contribution in [2.75, 3.05) is 16.8 Å². The van der Waals surface area contributed by atoms with E-state index in [2.05, 4.69) is 5.32 Å². The maximum atomic E-state index is 12.1. The van der Waals surface area contributed by atoms with Crippen LogP contribution in [0.15, 0.2) is 18.2 Å². The summed E-state index contributed by atoms with van der Waals surface area (Å²) in [5.41, 5.74) is 0.337. The molecule has 0 aliphatic carbocycles. The quantitative estimate of drug-likeness (QED) is 0.878. The van der Waals surface area contributed by atoms with Crippen molar-refractivity contribution in [3.8, 4) is 0 Å². The number of hydrogen-bond acceptors (Lipinski definition) is 3. The lowest BCUT2D eigenvalue weighted by Gasteiger charge is -2.30. The van der Waals surface area contributed by atoms with Gasteiger partial charge >= 0.3 is 0 Å². The summed E-state index contributed by atoms with van der Waals surface area (Å²) in [5.74, 6) is 1.27. The van der Waals surface area contributed by atoms with Crippen LogP contribution in [0.1, 0.15) is 18.4 Å². The minimum absolute atomic E-state index is 0.353. The van der Waals surface area contributed by atoms with Crippen molar-refractivity contribution < 1.29 is 9.90 Å². The molecular weight excluding hydrogens is 270 g/mol. The highest BCUT2D eigenvalue weighted by atomic mass is 35.5. The fraction of sp³-hybridized carbons (Fsp3) is 0.462. The lowest BCUT2D eigenvalue weighted by molar-refractivity contribution is -0.134. The van der Waals surface area contributed by atoms with Crippen LogP contribution < -0.4 is 5.32 Å². The van der Waals surface area contributed by atoms with Crippen molar-refractivity contribution in [3.05, 3.63) is 28.8 Å². The summed E-state index contributed by atoms with van der Waals surface area (Å²) in [6.07, 6.45) is 0.986. The van der Waals surface area contributed by atoms with E-state index in [1.54, 1.807) is 23.9 Å². The first-order valence-corrected chi connectivity index (χ1v) is 7.42. The van der Waals surface area contributed by atoms with Gasteiger partial charge in [0.15, 0.2) is 0 Å². The van der Waals surface area contributed by atoms with Crippen molar-refractivity contribution in [2.45, 2.75) is 25.4 Å². The third-order valence-corrected chi connectivity index (χ3v) is 4.41. The lowest BCUT2D eigenvalue weighted by Crippen LogP contribution is -2.45. The minimum Gasteiger partial charge on any atom is -0.380 e. The molecule has 0 aromatic heterocycles. The maximum Gasteiger partial charge on any atom is 0.256 e. The Hall–Kier alpha value is -0.710. The molecule has 18 heavy (non-hydrogen) atoms. The molecule has 1 aliphatic rings. The fourth-order valence-corrected chi connectivity index (χ4v) is 3.35. The smallest absolute Gasteiger partial charge is 0.256 e. The summed E-state index contributed by atoms with van der Waals surface area (Å²) in [7, 11) is 0. The van der Waals surface area contributed by atoms with Gasteiger partial charge in [0.2, 0.25) is 0 Å². The summed E-state index contributed by atoms with van der Waals surface area (Å²) in [4.78, 5) is 12.1. The molecule has 1 saturated heterocycles. The van der Waals surface area contributed by atoms with E-state index >= 15 is 0 Å². The first kappa shape index (κ1) is 13.7. The van der Waals surface area contributed by atoms with Crippen LogP contribution in [-0.4, -0.2) is 28.1 Å². The number of nitrogens with one attached hydrogen (secondary N) is 1. The van der Waals surface area contributed by atoms with Crippen LogP contribution in [0.2, 0.25) is 5.02 Å². The molecule has 1 aromatic rings. The molecule has 0 unspecified atom stereocenters. The van der Waals surface area contributed by atoms with Gasteiger partial charge in [-0.25, -0.2) is 0 Å². The largest absolute Gasteiger partial charge is 0.380 e. The van der Waals surface area contributed by atoms with Crippen LogP contribution >= 0.6 is 23.4 Å². The van der Waals surface area contributed by atoms with Crippen molar-refractivity contribution in [1.82, 2.24) is 0 Å². The highest BCUT2D eigenvalue weighted by molar-refractivity contribution is 7.99. The molecule has 3 nitrogen and oxygen atoms in total. The van der Waals surface area contributed by atoms with Crippen LogP contribution in [-0.2, 0) is 4.79 Å². The number of benzene rings is 1. The van der Waals surface area contributed by atoms with E-state index in [4.69, 9.17) is 11.6 Å². The van der Waals surface area contributed by atoms with Gasteiger partial charge < -0.3 is 10.4 Å². The van der Waals surface area contributed by atoms with Gasteiger partial charge in [0.1, 0.15) is 5.60 Å². The third kappa shape index (κ3) is 2.99. The van der Waals surface area contributed by atoms with E-state index in [1.807, 2.05) is 13.0 Å². The van der Waals surface area contributed by atoms with Crippen LogP contribution in [0.3, 0.4) is 0 Å². The summed E-state index contributed by atoms with van der Waals surface area (Å²) in [6, 6.07) is 5.43. The monoisotopic (exact) mass is 285 g/mol. The predicted octanol–water partition coefficient (Wildman–Crippen LogP) is 2.85. The van der Waals surface area contributed by atoms with Gasteiger partial charge in [-0.2, -0.15) is 11.8 Å². The summed E-state index contributed by atoms with van der Waals surface area (Å²) < 4.78 is 0. The summed E-state index contributed by atoms with van der Waals surface area (Å²) in [5, 5.41) is 13.5. The van der Waals surface area contributed by atoms with Crippen molar-refractivity contribution in [3.63, 3.8) is 0 Å². The van der Waals surface area contributed by atoms with Crippen LogP contribution in [0, 0.1) is 6.92 Å². The van der Waals surface area contributed by atoms with Gasteiger partial charge in [-0.15, -0.1) is 0 Å². The van der Waals surface area contributed by atoms with Gasteiger partial charge in [-0.05, 0) is 49.0 Å². The average molecular weight is 286 g/mol. The molecule has 0 bridgehead atoms. The van der Waals surface area contributed by atoms with Crippen LogP contribution in [0.25, 0.3) is 0 Å². The summed E-state index contributed by atoms with van der Waals surface area (Å²) >= 11 is 7.82. The molecule has 1 aliphatic heterocycles. The third-order valence-electron chi connectivity index (χ3n) is 3.12. The van der Waals surface area contributed by atoms with Gasteiger partial charge in [-0.3, -0.25) is 4.79 Å². The number of carbonyl (C=O) groups excluding carboxylic acids is 1. The van der Waals surface area contributed by atoms with Crippen molar-refractivity contribution in [2.24, 2.45) is 0 Å². The normalized spacial score (nSPS) is 18.4. The zero-order valence-corrected chi connectivity index (χ0v) is 11.8. The molecular formula is C13H16ClNO2S. The number of rotatable bonds is 2. The molecule has 1 aromatic carbocycles. The molecule has 0 radical (unpaired) electrons. The Morgan fingerprint density at radius 1 is 1.44 bits per heavy atom. The standard InChI is InChI=1S/C13H16ClNO2S/c1-9-2-3-11(10(14)8-9)15-12(16)13(17)4-6-18-7-5-13/h2-3,8,17H,4-7H2,1H3,(H,15,16). The van der Waals surface area contributed by atoms with Crippen molar-refractivity contribution >= 4 is 35.0 Å². The number of hydrogen-bond donors (Lipinski definition) is 2. The molecule has 2 N–H and O–H groups in total. The highest BCUT2D eigenvalue weighted by Gasteiger charge is 2.37. The van der Waals surface area contributed by atoms with Gasteiger partial charge in [-0.1, -0.05) is 17.7 Å². The van der Waals surface area contributed by atoms with E-state index < -0.39 is 5.60 Å². The van der Waals surface area contributed by atoms with Crippen molar-refractivity contribution in [1.29, 1.82) is 0 Å². The second-order valence-electron chi connectivity index (χ2n) is 4.58. The van der Waals surface area contributed by atoms with Crippen LogP contribution in [0.5, 0.6) is 0 Å². The average Bonchev–Trinajstić information content (AvgIpc) is 2.33. The number of thioether (sulfide) groups is 1. The first-order chi connectivity index (χ1) is 8.51. The maximum absolute atomic E-state index is 12.1. The van der Waals surface area contributed by atoms with E-state index in [0.29, 0.717) is 23.6 Å². The SMILES string of the molecule is Cc1ccc(NC(=O)C2(O)CCSCC2)c(Cl)c1. The molecule has 1 amide bonds. The van der Waals surface area contributed by atoms with Crippen LogP contribution in [0.4, 0.5) is 5.69 Å². The number of aliphatic hydroxyl groups is 1. The number of carbonyl (C=O) groups is 1. The Morgan fingerprint density at radius 3 is 2.72 bits per heavy atom. The highest BCUT2D eigenvalue weighted by Crippen LogP contribution is 2.30. The zero-order chi connectivity index (χ0) is 13.2. The molecule has 1 fully saturated rings. The summed E-state index contributed by atoms with van der Waals surface area (Å²) in [6.45, 7) is 1.93. The Kier molecular flexibility index (Phi) is 4.20. The number of amides is 1. The second kappa shape index (κ2) is 5.51. The zero-order valence-electron chi connectivity index (χ0n) is 10.2. The fourth-order valence-electron chi connectivity index (χ4n) is 1.90. The lowest BCUT2D eigenvalue weighted by atomic mass is 9.95. The number of anilines is 1. The molecule has 1 heterocycles. The Bertz CT molecular complexity index is 458. The molecule has 0 atom stereocenters.